The van der Waals surface area contributed by atoms with E-state index in [0.29, 0.717) is 6.29 Å². The van der Waals surface area contributed by atoms with Gasteiger partial charge in [0.05, 0.1) is 0 Å². The first-order valence-electron chi connectivity index (χ1n) is 5.03. The first-order valence-corrected chi connectivity index (χ1v) is 5.03. The Morgan fingerprint density at radius 3 is 2.33 bits per heavy atom. The maximum atomic E-state index is 11.5. The van der Waals surface area contributed by atoms with Crippen molar-refractivity contribution in [1.82, 2.24) is 0 Å². The quantitative estimate of drug-likeness (QED) is 0.586. The smallest absolute Gasteiger partial charge is 0.235 e. The Kier molecular flexibility index (Phi) is 2.31. The van der Waals surface area contributed by atoms with Gasteiger partial charge < -0.3 is 10.5 Å². The molecule has 1 amide bonds. The van der Waals surface area contributed by atoms with Gasteiger partial charge in [0.15, 0.2) is 0 Å². The second-order valence-corrected chi connectivity index (χ2v) is 3.99. The lowest BCUT2D eigenvalue weighted by molar-refractivity contribution is -0.129. The number of amides is 1. The maximum Gasteiger partial charge on any atom is 0.235 e. The predicted octanol–water partition coefficient (Wildman–Crippen LogP) is 1.02. The number of hydrogen-bond acceptors (Lipinski definition) is 2. The lowest BCUT2D eigenvalue weighted by atomic mass is 9.76. The van der Waals surface area contributed by atoms with Crippen LogP contribution in [0.4, 0.5) is 0 Å². The molecule has 1 unspecified atom stereocenters. The second-order valence-electron chi connectivity index (χ2n) is 3.99. The Bertz CT molecular complexity index is 384. The van der Waals surface area contributed by atoms with Gasteiger partial charge in [0.25, 0.3) is 0 Å². The number of carbonyl (C=O) groups is 2. The fraction of sp³-hybridized carbons (Fsp3) is 0.333. The standard InChI is InChI=1S/C12H13NO2/c13-11(15)12(8-14,10-6-7-10)9-4-2-1-3-5-9/h1-5,8,10H,6-7H2,(H2,13,15). The summed E-state index contributed by atoms with van der Waals surface area (Å²) in [6.07, 6.45) is 2.51. The van der Waals surface area contributed by atoms with Crippen LogP contribution in [-0.2, 0) is 15.0 Å². The molecule has 1 saturated carbocycles. The van der Waals surface area contributed by atoms with Gasteiger partial charge in [-0.2, -0.15) is 0 Å². The number of hydrogen-bond donors (Lipinski definition) is 1. The van der Waals surface area contributed by atoms with Gasteiger partial charge in [0.2, 0.25) is 5.91 Å². The van der Waals surface area contributed by atoms with Crippen LogP contribution >= 0.6 is 0 Å². The van der Waals surface area contributed by atoms with E-state index in [1.54, 1.807) is 12.1 Å². The van der Waals surface area contributed by atoms with Crippen molar-refractivity contribution >= 4 is 12.2 Å². The summed E-state index contributed by atoms with van der Waals surface area (Å²) in [5.41, 5.74) is 5.01. The van der Waals surface area contributed by atoms with Crippen molar-refractivity contribution in [2.75, 3.05) is 0 Å². The summed E-state index contributed by atoms with van der Waals surface area (Å²) in [5.74, 6) is -0.443. The molecule has 1 aromatic carbocycles. The largest absolute Gasteiger partial charge is 0.369 e. The Morgan fingerprint density at radius 2 is 1.93 bits per heavy atom. The first-order chi connectivity index (χ1) is 7.21. The van der Waals surface area contributed by atoms with E-state index in [1.165, 1.54) is 0 Å². The van der Waals surface area contributed by atoms with Gasteiger partial charge in [-0.15, -0.1) is 0 Å². The Labute approximate surface area is 88.3 Å². The monoisotopic (exact) mass is 203 g/mol. The summed E-state index contributed by atoms with van der Waals surface area (Å²) in [6, 6.07) is 9.07. The Hall–Kier alpha value is -1.64. The minimum atomic E-state index is -1.10. The van der Waals surface area contributed by atoms with E-state index in [-0.39, 0.29) is 5.92 Å². The van der Waals surface area contributed by atoms with Crippen LogP contribution in [0.2, 0.25) is 0 Å². The number of nitrogens with two attached hydrogens (primary N) is 1. The molecule has 0 radical (unpaired) electrons. The third kappa shape index (κ3) is 1.44. The van der Waals surface area contributed by atoms with Crippen LogP contribution in [-0.4, -0.2) is 12.2 Å². The molecule has 1 atom stereocenters. The van der Waals surface area contributed by atoms with Crippen molar-refractivity contribution in [3.05, 3.63) is 35.9 Å². The van der Waals surface area contributed by atoms with Crippen molar-refractivity contribution in [3.8, 4) is 0 Å². The SMILES string of the molecule is NC(=O)C(C=O)(c1ccccc1)C1CC1. The zero-order valence-corrected chi connectivity index (χ0v) is 8.35. The average Bonchev–Trinajstić information content (AvgIpc) is 3.05. The van der Waals surface area contributed by atoms with Crippen LogP contribution in [0, 0.1) is 5.92 Å². The minimum Gasteiger partial charge on any atom is -0.369 e. The molecule has 15 heavy (non-hydrogen) atoms. The molecule has 0 aliphatic heterocycles. The van der Waals surface area contributed by atoms with Crippen LogP contribution in [0.1, 0.15) is 18.4 Å². The molecule has 3 heteroatoms. The summed E-state index contributed by atoms with van der Waals surface area (Å²) >= 11 is 0. The maximum absolute atomic E-state index is 11.5. The molecule has 3 nitrogen and oxygen atoms in total. The zero-order chi connectivity index (χ0) is 10.9. The summed E-state index contributed by atoms with van der Waals surface area (Å²) < 4.78 is 0. The molecule has 1 aliphatic carbocycles. The summed E-state index contributed by atoms with van der Waals surface area (Å²) in [5, 5.41) is 0. The van der Waals surface area contributed by atoms with Crippen LogP contribution in [0.25, 0.3) is 0 Å². The normalized spacial score (nSPS) is 19.2. The number of carbonyl (C=O) groups excluding carboxylic acids is 2. The minimum absolute atomic E-state index is 0.0925. The van der Waals surface area contributed by atoms with Gasteiger partial charge >= 0.3 is 0 Å². The lowest BCUT2D eigenvalue weighted by Crippen LogP contribution is -2.44. The van der Waals surface area contributed by atoms with E-state index < -0.39 is 11.3 Å². The Morgan fingerprint density at radius 1 is 1.33 bits per heavy atom. The fourth-order valence-corrected chi connectivity index (χ4v) is 2.05. The summed E-state index contributed by atoms with van der Waals surface area (Å²) in [6.45, 7) is 0. The van der Waals surface area contributed by atoms with Gasteiger partial charge in [-0.05, 0) is 24.3 Å². The molecule has 0 bridgehead atoms. The second kappa shape index (κ2) is 3.50. The number of benzene rings is 1. The average molecular weight is 203 g/mol. The topological polar surface area (TPSA) is 60.2 Å². The van der Waals surface area contributed by atoms with Crippen LogP contribution in [0.3, 0.4) is 0 Å². The highest BCUT2D eigenvalue weighted by Gasteiger charge is 2.51. The predicted molar refractivity (Wildman–Crippen MR) is 56.1 cm³/mol. The third-order valence-corrected chi connectivity index (χ3v) is 3.07. The molecule has 1 aromatic rings. The van der Waals surface area contributed by atoms with Crippen LogP contribution in [0.15, 0.2) is 30.3 Å². The van der Waals surface area contributed by atoms with Crippen molar-refractivity contribution in [3.63, 3.8) is 0 Å². The van der Waals surface area contributed by atoms with Crippen molar-refractivity contribution in [1.29, 1.82) is 0 Å². The van der Waals surface area contributed by atoms with Crippen LogP contribution < -0.4 is 5.73 Å². The van der Waals surface area contributed by atoms with E-state index in [0.717, 1.165) is 18.4 Å². The van der Waals surface area contributed by atoms with Gasteiger partial charge in [-0.3, -0.25) is 4.79 Å². The molecule has 0 aromatic heterocycles. The van der Waals surface area contributed by atoms with Crippen molar-refractivity contribution < 1.29 is 9.59 Å². The lowest BCUT2D eigenvalue weighted by Gasteiger charge is -2.24. The van der Waals surface area contributed by atoms with Crippen molar-refractivity contribution in [2.24, 2.45) is 11.7 Å². The highest BCUT2D eigenvalue weighted by molar-refractivity contribution is 6.03. The fourth-order valence-electron chi connectivity index (χ4n) is 2.05. The van der Waals surface area contributed by atoms with Gasteiger partial charge in [-0.1, -0.05) is 30.3 Å². The number of aldehydes is 1. The molecule has 0 saturated heterocycles. The molecule has 2 rings (SSSR count). The van der Waals surface area contributed by atoms with E-state index in [4.69, 9.17) is 5.73 Å². The molecule has 1 aliphatic rings. The van der Waals surface area contributed by atoms with Crippen molar-refractivity contribution in [2.45, 2.75) is 18.3 Å². The first kappa shape index (κ1) is 9.90. The van der Waals surface area contributed by atoms with Gasteiger partial charge in [0, 0.05) is 0 Å². The molecule has 0 heterocycles. The van der Waals surface area contributed by atoms with Gasteiger partial charge in [0.1, 0.15) is 11.7 Å². The van der Waals surface area contributed by atoms with E-state index in [9.17, 15) is 9.59 Å². The van der Waals surface area contributed by atoms with Gasteiger partial charge in [-0.25, -0.2) is 0 Å². The molecular weight excluding hydrogens is 190 g/mol. The summed E-state index contributed by atoms with van der Waals surface area (Å²) in [4.78, 5) is 22.8. The molecule has 2 N–H and O–H groups in total. The number of rotatable bonds is 4. The highest BCUT2D eigenvalue weighted by Crippen LogP contribution is 2.46. The molecule has 0 spiro atoms. The van der Waals surface area contributed by atoms with E-state index in [1.807, 2.05) is 18.2 Å². The highest BCUT2D eigenvalue weighted by atomic mass is 16.2. The third-order valence-electron chi connectivity index (χ3n) is 3.07. The summed E-state index contributed by atoms with van der Waals surface area (Å²) in [7, 11) is 0. The molecular formula is C12H13NO2. The number of primary amides is 1. The molecule has 1 fully saturated rings. The molecule has 78 valence electrons. The zero-order valence-electron chi connectivity index (χ0n) is 8.35. The Balaban J connectivity index is 2.50. The van der Waals surface area contributed by atoms with Crippen LogP contribution in [0.5, 0.6) is 0 Å². The van der Waals surface area contributed by atoms with E-state index in [2.05, 4.69) is 0 Å². The van der Waals surface area contributed by atoms with E-state index >= 15 is 0 Å².